The van der Waals surface area contributed by atoms with Crippen molar-refractivity contribution in [2.75, 3.05) is 11.9 Å². The molecule has 0 saturated carbocycles. The van der Waals surface area contributed by atoms with Gasteiger partial charge in [0.2, 0.25) is 5.91 Å². The molecule has 0 saturated heterocycles. The molecule has 4 heteroatoms. The van der Waals surface area contributed by atoms with E-state index in [1.54, 1.807) is 11.8 Å². The van der Waals surface area contributed by atoms with Crippen LogP contribution in [0, 0.1) is 6.92 Å². The molecule has 0 atom stereocenters. The molecule has 102 valence electrons. The van der Waals surface area contributed by atoms with Gasteiger partial charge in [-0.15, -0.1) is 0 Å². The van der Waals surface area contributed by atoms with Crippen LogP contribution in [0.2, 0.25) is 0 Å². The van der Waals surface area contributed by atoms with E-state index in [-0.39, 0.29) is 5.91 Å². The van der Waals surface area contributed by atoms with Crippen molar-refractivity contribution in [2.45, 2.75) is 40.8 Å². The minimum atomic E-state index is 0.0500. The lowest BCUT2D eigenvalue weighted by Gasteiger charge is -2.14. The number of hydrogen-bond donors (Lipinski definition) is 0. The van der Waals surface area contributed by atoms with Crippen molar-refractivity contribution in [3.63, 3.8) is 0 Å². The number of aryl methyl sites for hydroxylation is 2. The van der Waals surface area contributed by atoms with Crippen LogP contribution in [0.15, 0.2) is 18.2 Å². The topological polar surface area (TPSA) is 29.1 Å². The van der Waals surface area contributed by atoms with E-state index in [4.69, 9.17) is 0 Å². The first-order valence-corrected chi connectivity index (χ1v) is 6.78. The second kappa shape index (κ2) is 5.03. The summed E-state index contributed by atoms with van der Waals surface area (Å²) < 4.78 is 4.59. The van der Waals surface area contributed by atoms with E-state index < -0.39 is 0 Å². The number of amides is 1. The quantitative estimate of drug-likeness (QED) is 0.778. The molecule has 19 heavy (non-hydrogen) atoms. The van der Waals surface area contributed by atoms with Crippen molar-refractivity contribution in [3.8, 4) is 0 Å². The van der Waals surface area contributed by atoms with Gasteiger partial charge in [0, 0.05) is 32.6 Å². The fraction of sp³-hybridized carbons (Fsp3) is 0.467. The molecule has 4 nitrogen and oxygen atoms in total. The first kappa shape index (κ1) is 13.6. The third-order valence-corrected chi connectivity index (χ3v) is 3.81. The third-order valence-electron chi connectivity index (χ3n) is 3.81. The molecule has 1 aromatic carbocycles. The van der Waals surface area contributed by atoms with Gasteiger partial charge in [-0.3, -0.25) is 4.79 Å². The zero-order valence-corrected chi connectivity index (χ0v) is 12.4. The molecular formula is C15H22N3O+. The highest BCUT2D eigenvalue weighted by Crippen LogP contribution is 2.21. The van der Waals surface area contributed by atoms with Crippen molar-refractivity contribution < 1.29 is 9.36 Å². The lowest BCUT2D eigenvalue weighted by atomic mass is 10.2. The molecular weight excluding hydrogens is 238 g/mol. The SMILES string of the molecule is CCn1c(C)[n+](CC)c2ccc(N(C)C(C)=O)cc21. The van der Waals surface area contributed by atoms with Crippen LogP contribution in [0.4, 0.5) is 5.69 Å². The number of nitrogens with zero attached hydrogens (tertiary/aromatic N) is 3. The molecule has 0 aliphatic heterocycles. The third kappa shape index (κ3) is 2.11. The molecule has 0 aliphatic rings. The van der Waals surface area contributed by atoms with Gasteiger partial charge >= 0.3 is 0 Å². The Morgan fingerprint density at radius 1 is 1.37 bits per heavy atom. The summed E-state index contributed by atoms with van der Waals surface area (Å²) in [5.41, 5.74) is 3.35. The molecule has 0 N–H and O–H groups in total. The van der Waals surface area contributed by atoms with Gasteiger partial charge in [0.15, 0.2) is 11.0 Å². The summed E-state index contributed by atoms with van der Waals surface area (Å²) in [5.74, 6) is 1.30. The maximum Gasteiger partial charge on any atom is 0.254 e. The van der Waals surface area contributed by atoms with Gasteiger partial charge in [0.1, 0.15) is 0 Å². The largest absolute Gasteiger partial charge is 0.316 e. The Balaban J connectivity index is 2.69. The second-order valence-electron chi connectivity index (χ2n) is 4.79. The Labute approximate surface area is 114 Å². The Bertz CT molecular complexity index is 628. The first-order valence-electron chi connectivity index (χ1n) is 6.78. The smallest absolute Gasteiger partial charge is 0.254 e. The van der Waals surface area contributed by atoms with Gasteiger partial charge in [0.25, 0.3) is 5.82 Å². The number of aromatic nitrogens is 2. The van der Waals surface area contributed by atoms with E-state index in [0.29, 0.717) is 0 Å². The Kier molecular flexibility index (Phi) is 3.60. The van der Waals surface area contributed by atoms with Gasteiger partial charge in [0.05, 0.1) is 13.1 Å². The van der Waals surface area contributed by atoms with Crippen molar-refractivity contribution in [1.82, 2.24) is 4.57 Å². The van der Waals surface area contributed by atoms with Gasteiger partial charge in [-0.2, -0.15) is 0 Å². The highest BCUT2D eigenvalue weighted by Gasteiger charge is 2.20. The Hall–Kier alpha value is -1.84. The second-order valence-corrected chi connectivity index (χ2v) is 4.79. The van der Waals surface area contributed by atoms with E-state index >= 15 is 0 Å². The van der Waals surface area contributed by atoms with Gasteiger partial charge < -0.3 is 4.90 Å². The highest BCUT2D eigenvalue weighted by molar-refractivity contribution is 5.93. The predicted octanol–water partition coefficient (Wildman–Crippen LogP) is 2.26. The summed E-state index contributed by atoms with van der Waals surface area (Å²) >= 11 is 0. The fourth-order valence-corrected chi connectivity index (χ4v) is 2.64. The number of fused-ring (bicyclic) bond motifs is 1. The average molecular weight is 260 g/mol. The van der Waals surface area contributed by atoms with Crippen molar-refractivity contribution in [2.24, 2.45) is 0 Å². The molecule has 2 rings (SSSR count). The monoisotopic (exact) mass is 260 g/mol. The minimum Gasteiger partial charge on any atom is -0.316 e. The van der Waals surface area contributed by atoms with Gasteiger partial charge in [-0.1, -0.05) is 0 Å². The van der Waals surface area contributed by atoms with Crippen molar-refractivity contribution in [1.29, 1.82) is 0 Å². The van der Waals surface area contributed by atoms with E-state index in [1.807, 2.05) is 13.1 Å². The van der Waals surface area contributed by atoms with E-state index in [2.05, 4.69) is 42.0 Å². The molecule has 0 fully saturated rings. The number of anilines is 1. The number of carbonyl (C=O) groups is 1. The number of hydrogen-bond acceptors (Lipinski definition) is 1. The molecule has 0 spiro atoms. The standard InChI is InChI=1S/C15H22N3O/c1-6-17-11(3)18(7-2)15-10-13(8-9-14(15)17)16(5)12(4)19/h8-10H,6-7H2,1-5H3/q+1. The molecule has 1 aromatic heterocycles. The number of imidazole rings is 1. The summed E-state index contributed by atoms with van der Waals surface area (Å²) in [6, 6.07) is 6.21. The molecule has 0 radical (unpaired) electrons. The van der Waals surface area contributed by atoms with Gasteiger partial charge in [-0.05, 0) is 26.0 Å². The maximum atomic E-state index is 11.5. The molecule has 0 aliphatic carbocycles. The Morgan fingerprint density at radius 2 is 2.05 bits per heavy atom. The van der Waals surface area contributed by atoms with E-state index in [1.165, 1.54) is 16.9 Å². The summed E-state index contributed by atoms with van der Waals surface area (Å²) in [7, 11) is 1.81. The van der Waals surface area contributed by atoms with Crippen LogP contribution in [0.25, 0.3) is 11.0 Å². The van der Waals surface area contributed by atoms with Crippen LogP contribution in [0.1, 0.15) is 26.6 Å². The Morgan fingerprint density at radius 3 is 2.58 bits per heavy atom. The van der Waals surface area contributed by atoms with Crippen LogP contribution in [0.5, 0.6) is 0 Å². The predicted molar refractivity (Wildman–Crippen MR) is 77.3 cm³/mol. The molecule has 0 unspecified atom stereocenters. The fourth-order valence-electron chi connectivity index (χ4n) is 2.64. The van der Waals surface area contributed by atoms with Crippen LogP contribution < -0.4 is 9.47 Å². The van der Waals surface area contributed by atoms with Crippen LogP contribution in [-0.2, 0) is 17.9 Å². The molecule has 1 heterocycles. The lowest BCUT2D eigenvalue weighted by molar-refractivity contribution is -0.674. The normalized spacial score (nSPS) is 11.0. The summed E-state index contributed by atoms with van der Waals surface area (Å²) in [6.45, 7) is 9.91. The lowest BCUT2D eigenvalue weighted by Crippen LogP contribution is -2.35. The van der Waals surface area contributed by atoms with Crippen molar-refractivity contribution >= 4 is 22.6 Å². The summed E-state index contributed by atoms with van der Waals surface area (Å²) in [6.07, 6.45) is 0. The van der Waals surface area contributed by atoms with Gasteiger partial charge in [-0.25, -0.2) is 9.13 Å². The number of rotatable bonds is 3. The van der Waals surface area contributed by atoms with Crippen LogP contribution in [-0.4, -0.2) is 17.5 Å². The summed E-state index contributed by atoms with van der Waals surface area (Å²) in [4.78, 5) is 13.2. The first-order chi connectivity index (χ1) is 9.01. The van der Waals surface area contributed by atoms with E-state index in [9.17, 15) is 4.79 Å². The van der Waals surface area contributed by atoms with Crippen molar-refractivity contribution in [3.05, 3.63) is 24.0 Å². The minimum absolute atomic E-state index is 0.0500. The number of carbonyl (C=O) groups excluding carboxylic acids is 1. The highest BCUT2D eigenvalue weighted by atomic mass is 16.2. The molecule has 1 amide bonds. The maximum absolute atomic E-state index is 11.5. The average Bonchev–Trinajstić information content (AvgIpc) is 2.67. The van der Waals surface area contributed by atoms with Crippen LogP contribution >= 0.6 is 0 Å². The molecule has 0 bridgehead atoms. The zero-order valence-electron chi connectivity index (χ0n) is 12.4. The summed E-state index contributed by atoms with van der Waals surface area (Å²) in [5, 5.41) is 0. The number of benzene rings is 1. The van der Waals surface area contributed by atoms with Crippen LogP contribution in [0.3, 0.4) is 0 Å². The van der Waals surface area contributed by atoms with E-state index in [0.717, 1.165) is 18.8 Å². The molecule has 2 aromatic rings. The zero-order chi connectivity index (χ0) is 14.2.